The Hall–Kier alpha value is -1.42. The van der Waals surface area contributed by atoms with Crippen molar-refractivity contribution in [2.75, 3.05) is 26.2 Å². The highest BCUT2D eigenvalue weighted by molar-refractivity contribution is 14.0. The number of hydrogen-bond donors (Lipinski definition) is 1. The second-order valence-electron chi connectivity index (χ2n) is 6.27. The Morgan fingerprint density at radius 1 is 1.28 bits per heavy atom. The second kappa shape index (κ2) is 9.91. The Balaban J connectivity index is 0.00000225. The third-order valence-corrected chi connectivity index (χ3v) is 4.48. The van der Waals surface area contributed by atoms with Gasteiger partial charge in [0.1, 0.15) is 0 Å². The fraction of sp³-hybridized carbons (Fsp3) is 0.588. The molecule has 0 radical (unpaired) electrons. The summed E-state index contributed by atoms with van der Waals surface area (Å²) in [7, 11) is 0. The maximum absolute atomic E-state index is 10.7. The van der Waals surface area contributed by atoms with Gasteiger partial charge in [0.15, 0.2) is 5.96 Å². The standard InChI is InChI=1S/C17H24N4O3.HI/c22-21(23)15-7-5-14(6-8-15)12-18-17(20-9-1-2-10-20)19-13-16-4-3-11-24-16;/h5-8,16H,1-4,9-13H2,(H,18,19);1H. The van der Waals surface area contributed by atoms with Crippen LogP contribution in [0.3, 0.4) is 0 Å². The van der Waals surface area contributed by atoms with Crippen LogP contribution in [0.5, 0.6) is 0 Å². The number of guanidine groups is 1. The molecule has 1 aromatic carbocycles. The molecule has 2 heterocycles. The number of likely N-dealkylation sites (tertiary alicyclic amines) is 1. The van der Waals surface area contributed by atoms with Crippen LogP contribution in [0.1, 0.15) is 31.2 Å². The predicted octanol–water partition coefficient (Wildman–Crippen LogP) is 2.93. The van der Waals surface area contributed by atoms with Gasteiger partial charge in [0.2, 0.25) is 0 Å². The number of nitro groups is 1. The van der Waals surface area contributed by atoms with Gasteiger partial charge in [0.05, 0.1) is 17.6 Å². The summed E-state index contributed by atoms with van der Waals surface area (Å²) in [5.41, 5.74) is 1.08. The number of non-ortho nitro benzene ring substituents is 1. The number of nitrogens with zero attached hydrogens (tertiary/aromatic N) is 3. The maximum Gasteiger partial charge on any atom is 0.269 e. The molecule has 1 unspecified atom stereocenters. The van der Waals surface area contributed by atoms with E-state index in [1.54, 1.807) is 12.1 Å². The van der Waals surface area contributed by atoms with Crippen molar-refractivity contribution < 1.29 is 9.66 Å². The normalized spacial score (nSPS) is 20.4. The first-order valence-electron chi connectivity index (χ1n) is 8.60. The quantitative estimate of drug-likeness (QED) is 0.240. The minimum Gasteiger partial charge on any atom is -0.376 e. The van der Waals surface area contributed by atoms with Crippen molar-refractivity contribution in [2.45, 2.75) is 38.3 Å². The second-order valence-corrected chi connectivity index (χ2v) is 6.27. The molecule has 2 aliphatic heterocycles. The highest BCUT2D eigenvalue weighted by Gasteiger charge is 2.19. The first-order chi connectivity index (χ1) is 11.7. The molecule has 2 saturated heterocycles. The zero-order valence-corrected chi connectivity index (χ0v) is 16.6. The summed E-state index contributed by atoms with van der Waals surface area (Å²) in [5, 5.41) is 14.2. The minimum absolute atomic E-state index is 0. The number of nitrogens with one attached hydrogen (secondary N) is 1. The highest BCUT2D eigenvalue weighted by Crippen LogP contribution is 2.14. The van der Waals surface area contributed by atoms with Crippen LogP contribution in [0.25, 0.3) is 0 Å². The number of nitro benzene ring substituents is 1. The lowest BCUT2D eigenvalue weighted by Gasteiger charge is -2.23. The molecule has 1 atom stereocenters. The van der Waals surface area contributed by atoms with Crippen LogP contribution >= 0.6 is 24.0 Å². The molecule has 0 aliphatic carbocycles. The highest BCUT2D eigenvalue weighted by atomic mass is 127. The van der Waals surface area contributed by atoms with E-state index < -0.39 is 0 Å². The average molecular weight is 460 g/mol. The van der Waals surface area contributed by atoms with Crippen LogP contribution in [0.2, 0.25) is 0 Å². The SMILES string of the molecule is I.O=[N+]([O-])c1ccc(CN=C(NCC2CCCO2)N2CCCC2)cc1. The minimum atomic E-state index is -0.383. The third kappa shape index (κ3) is 5.81. The van der Waals surface area contributed by atoms with Crippen LogP contribution in [0.15, 0.2) is 29.3 Å². The number of hydrogen-bond acceptors (Lipinski definition) is 4. The molecule has 2 aliphatic rings. The Bertz CT molecular complexity index is 582. The lowest BCUT2D eigenvalue weighted by molar-refractivity contribution is -0.384. The van der Waals surface area contributed by atoms with Crippen molar-refractivity contribution in [1.29, 1.82) is 0 Å². The van der Waals surface area contributed by atoms with E-state index in [2.05, 4.69) is 10.2 Å². The van der Waals surface area contributed by atoms with E-state index >= 15 is 0 Å². The number of halogens is 1. The molecule has 138 valence electrons. The van der Waals surface area contributed by atoms with Crippen molar-refractivity contribution in [1.82, 2.24) is 10.2 Å². The van der Waals surface area contributed by atoms with Gasteiger partial charge in [-0.25, -0.2) is 4.99 Å². The van der Waals surface area contributed by atoms with E-state index in [9.17, 15) is 10.1 Å². The molecular formula is C17H25IN4O3. The van der Waals surface area contributed by atoms with Gasteiger partial charge in [-0.3, -0.25) is 10.1 Å². The lowest BCUT2D eigenvalue weighted by atomic mass is 10.2. The lowest BCUT2D eigenvalue weighted by Crippen LogP contribution is -2.42. The summed E-state index contributed by atoms with van der Waals surface area (Å²) in [6.07, 6.45) is 4.89. The van der Waals surface area contributed by atoms with Crippen molar-refractivity contribution in [3.05, 3.63) is 39.9 Å². The Morgan fingerprint density at radius 3 is 2.60 bits per heavy atom. The summed E-state index contributed by atoms with van der Waals surface area (Å²) in [4.78, 5) is 17.3. The Labute approximate surface area is 165 Å². The van der Waals surface area contributed by atoms with Gasteiger partial charge in [-0.05, 0) is 31.2 Å². The van der Waals surface area contributed by atoms with Crippen LogP contribution in [0, 0.1) is 10.1 Å². The molecule has 1 aromatic rings. The maximum atomic E-state index is 10.7. The number of ether oxygens (including phenoxy) is 1. The fourth-order valence-electron chi connectivity index (χ4n) is 3.10. The summed E-state index contributed by atoms with van der Waals surface area (Å²) in [5.74, 6) is 0.918. The summed E-state index contributed by atoms with van der Waals surface area (Å²) < 4.78 is 5.66. The van der Waals surface area contributed by atoms with Crippen molar-refractivity contribution in [3.63, 3.8) is 0 Å². The van der Waals surface area contributed by atoms with Gasteiger partial charge in [-0.1, -0.05) is 12.1 Å². The number of benzene rings is 1. The van der Waals surface area contributed by atoms with Gasteiger partial charge in [-0.2, -0.15) is 0 Å². The van der Waals surface area contributed by atoms with Gasteiger partial charge < -0.3 is 15.0 Å². The molecule has 25 heavy (non-hydrogen) atoms. The van der Waals surface area contributed by atoms with Gasteiger partial charge in [0, 0.05) is 38.4 Å². The van der Waals surface area contributed by atoms with Crippen LogP contribution in [-0.4, -0.2) is 48.1 Å². The number of rotatable bonds is 5. The summed E-state index contributed by atoms with van der Waals surface area (Å²) in [6.45, 7) is 4.21. The molecule has 0 spiro atoms. The molecule has 8 heteroatoms. The predicted molar refractivity (Wildman–Crippen MR) is 107 cm³/mol. The first-order valence-corrected chi connectivity index (χ1v) is 8.60. The molecule has 0 amide bonds. The zero-order valence-electron chi connectivity index (χ0n) is 14.2. The molecule has 3 rings (SSSR count). The molecule has 0 saturated carbocycles. The molecule has 0 aromatic heterocycles. The van der Waals surface area contributed by atoms with Crippen LogP contribution < -0.4 is 5.32 Å². The average Bonchev–Trinajstić information content (AvgIpc) is 3.29. The first kappa shape index (κ1) is 19.9. The number of aliphatic imine (C=N–C) groups is 1. The van der Waals surface area contributed by atoms with Crippen LogP contribution in [0.4, 0.5) is 5.69 Å². The van der Waals surface area contributed by atoms with Gasteiger partial charge in [0.25, 0.3) is 5.69 Å². The van der Waals surface area contributed by atoms with Gasteiger partial charge >= 0.3 is 0 Å². The van der Waals surface area contributed by atoms with Crippen LogP contribution in [-0.2, 0) is 11.3 Å². The fourth-order valence-corrected chi connectivity index (χ4v) is 3.10. The van der Waals surface area contributed by atoms with Crippen molar-refractivity contribution in [3.8, 4) is 0 Å². The molecular weight excluding hydrogens is 435 g/mol. The Kier molecular flexibility index (Phi) is 7.89. The molecule has 0 bridgehead atoms. The largest absolute Gasteiger partial charge is 0.376 e. The summed E-state index contributed by atoms with van der Waals surface area (Å²) >= 11 is 0. The van der Waals surface area contributed by atoms with E-state index in [0.29, 0.717) is 6.54 Å². The molecule has 7 nitrogen and oxygen atoms in total. The third-order valence-electron chi connectivity index (χ3n) is 4.48. The van der Waals surface area contributed by atoms with E-state index in [4.69, 9.17) is 9.73 Å². The molecule has 1 N–H and O–H groups in total. The van der Waals surface area contributed by atoms with E-state index in [0.717, 1.165) is 50.6 Å². The van der Waals surface area contributed by atoms with Gasteiger partial charge in [-0.15, -0.1) is 24.0 Å². The van der Waals surface area contributed by atoms with Crippen molar-refractivity contribution in [2.24, 2.45) is 4.99 Å². The zero-order chi connectivity index (χ0) is 16.8. The van der Waals surface area contributed by atoms with E-state index in [1.165, 1.54) is 25.0 Å². The topological polar surface area (TPSA) is 80.0 Å². The van der Waals surface area contributed by atoms with Crippen molar-refractivity contribution >= 4 is 35.6 Å². The van der Waals surface area contributed by atoms with E-state index in [1.807, 2.05) is 0 Å². The smallest absolute Gasteiger partial charge is 0.269 e. The monoisotopic (exact) mass is 460 g/mol. The molecule has 2 fully saturated rings. The van der Waals surface area contributed by atoms with E-state index in [-0.39, 0.29) is 40.7 Å². The Morgan fingerprint density at radius 2 is 2.00 bits per heavy atom. The summed E-state index contributed by atoms with van der Waals surface area (Å²) in [6, 6.07) is 6.59.